The quantitative estimate of drug-likeness (QED) is 0.495. The molecule has 3 rings (SSSR count). The predicted octanol–water partition coefficient (Wildman–Crippen LogP) is 5.40. The molecular weight excluding hydrogens is 394 g/mol. The van der Waals surface area contributed by atoms with Crippen molar-refractivity contribution in [1.29, 1.82) is 0 Å². The Balaban J connectivity index is 1.77. The molecule has 0 aliphatic heterocycles. The largest absolute Gasteiger partial charge is 0.493 e. The van der Waals surface area contributed by atoms with E-state index in [1.165, 1.54) is 17.3 Å². The number of rotatable bonds is 8. The molecule has 0 spiro atoms. The van der Waals surface area contributed by atoms with Crippen LogP contribution in [0.1, 0.15) is 29.7 Å². The van der Waals surface area contributed by atoms with Gasteiger partial charge >= 0.3 is 0 Å². The first kappa shape index (κ1) is 21.8. The van der Waals surface area contributed by atoms with E-state index in [9.17, 15) is 4.79 Å². The second-order valence-electron chi connectivity index (χ2n) is 7.04. The number of benzene rings is 3. The van der Waals surface area contributed by atoms with Crippen LogP contribution in [0.5, 0.6) is 11.5 Å². The van der Waals surface area contributed by atoms with Gasteiger partial charge in [0.25, 0.3) is 0 Å². The van der Waals surface area contributed by atoms with Crippen molar-refractivity contribution in [2.45, 2.75) is 30.0 Å². The smallest absolute Gasteiger partial charge is 0.233 e. The minimum Gasteiger partial charge on any atom is -0.493 e. The first-order valence-electron chi connectivity index (χ1n) is 9.82. The molecule has 2 atom stereocenters. The van der Waals surface area contributed by atoms with Crippen molar-refractivity contribution >= 4 is 17.7 Å². The van der Waals surface area contributed by atoms with E-state index in [2.05, 4.69) is 36.5 Å². The summed E-state index contributed by atoms with van der Waals surface area (Å²) in [5.74, 6) is 1.30. The van der Waals surface area contributed by atoms with Gasteiger partial charge in [-0.2, -0.15) is 0 Å². The second-order valence-corrected chi connectivity index (χ2v) is 8.45. The molecule has 0 bridgehead atoms. The number of nitrogens with one attached hydrogen (secondary N) is 1. The fourth-order valence-electron chi connectivity index (χ4n) is 3.17. The summed E-state index contributed by atoms with van der Waals surface area (Å²) in [5, 5.41) is 2.95. The van der Waals surface area contributed by atoms with Gasteiger partial charge in [0.05, 0.1) is 25.5 Å². The van der Waals surface area contributed by atoms with Crippen molar-refractivity contribution in [3.8, 4) is 11.5 Å². The number of carbonyl (C=O) groups is 1. The Bertz CT molecular complexity index is 973. The second kappa shape index (κ2) is 10.2. The maximum atomic E-state index is 13.1. The molecule has 4 nitrogen and oxygen atoms in total. The number of hydrogen-bond acceptors (Lipinski definition) is 4. The maximum Gasteiger partial charge on any atom is 0.233 e. The van der Waals surface area contributed by atoms with Gasteiger partial charge in [-0.25, -0.2) is 0 Å². The lowest BCUT2D eigenvalue weighted by atomic mass is 9.97. The third-order valence-electron chi connectivity index (χ3n) is 4.87. The van der Waals surface area contributed by atoms with Gasteiger partial charge in [-0.05, 0) is 43.2 Å². The zero-order valence-corrected chi connectivity index (χ0v) is 18.5. The van der Waals surface area contributed by atoms with Crippen molar-refractivity contribution in [2.24, 2.45) is 0 Å². The highest BCUT2D eigenvalue weighted by Gasteiger charge is 2.21. The Kier molecular flexibility index (Phi) is 7.41. The summed E-state index contributed by atoms with van der Waals surface area (Å²) in [7, 11) is 3.21. The number of amides is 1. The van der Waals surface area contributed by atoms with Gasteiger partial charge in [-0.1, -0.05) is 60.2 Å². The van der Waals surface area contributed by atoms with Gasteiger partial charge in [0.15, 0.2) is 11.5 Å². The first-order chi connectivity index (χ1) is 14.5. The van der Waals surface area contributed by atoms with Crippen LogP contribution in [0.4, 0.5) is 0 Å². The van der Waals surface area contributed by atoms with E-state index >= 15 is 0 Å². The van der Waals surface area contributed by atoms with Crippen molar-refractivity contribution in [1.82, 2.24) is 5.32 Å². The number of thioether (sulfide) groups is 1. The molecule has 0 aliphatic rings. The molecule has 156 valence electrons. The van der Waals surface area contributed by atoms with Crippen LogP contribution < -0.4 is 14.8 Å². The Labute approximate surface area is 182 Å². The number of ether oxygens (including phenoxy) is 2. The topological polar surface area (TPSA) is 47.6 Å². The van der Waals surface area contributed by atoms with Crippen molar-refractivity contribution in [3.05, 3.63) is 89.5 Å². The molecule has 0 saturated heterocycles. The van der Waals surface area contributed by atoms with E-state index in [1.54, 1.807) is 14.2 Å². The molecule has 1 amide bonds. The Hall–Kier alpha value is -2.92. The number of hydrogen-bond donors (Lipinski definition) is 1. The van der Waals surface area contributed by atoms with Crippen molar-refractivity contribution in [2.75, 3.05) is 14.2 Å². The van der Waals surface area contributed by atoms with Gasteiger partial charge < -0.3 is 14.8 Å². The van der Waals surface area contributed by atoms with E-state index in [-0.39, 0.29) is 17.2 Å². The lowest BCUT2D eigenvalue weighted by Crippen LogP contribution is -2.34. The molecule has 1 N–H and O–H groups in total. The molecular formula is C25H27NO3S. The molecule has 0 unspecified atom stereocenters. The Morgan fingerprint density at radius 3 is 2.13 bits per heavy atom. The van der Waals surface area contributed by atoms with Crippen LogP contribution in [-0.2, 0) is 4.79 Å². The molecule has 0 aromatic heterocycles. The van der Waals surface area contributed by atoms with Crippen LogP contribution in [0.15, 0.2) is 77.7 Å². The van der Waals surface area contributed by atoms with E-state index in [0.29, 0.717) is 11.5 Å². The first-order valence-corrected chi connectivity index (χ1v) is 10.7. The highest BCUT2D eigenvalue weighted by molar-refractivity contribution is 8.00. The third-order valence-corrected chi connectivity index (χ3v) is 5.96. The normalized spacial score (nSPS) is 12.7. The average molecular weight is 422 g/mol. The lowest BCUT2D eigenvalue weighted by molar-refractivity contribution is -0.120. The summed E-state index contributed by atoms with van der Waals surface area (Å²) in [5.41, 5.74) is 3.30. The highest BCUT2D eigenvalue weighted by atomic mass is 32.2. The molecule has 0 saturated carbocycles. The number of methoxy groups -OCH3 is 2. The molecule has 5 heteroatoms. The van der Waals surface area contributed by atoms with Gasteiger partial charge in [0, 0.05) is 4.90 Å². The Morgan fingerprint density at radius 1 is 0.867 bits per heavy atom. The standard InChI is InChI=1S/C25H27NO3S/c1-17-10-12-20(13-11-17)24(19-8-6-5-7-9-19)26-25(27)18(2)30-21-14-15-22(28-3)23(16-21)29-4/h5-16,18,24H,1-4H3,(H,26,27)/t18-,24+/m0/s1. The lowest BCUT2D eigenvalue weighted by Gasteiger charge is -2.22. The fourth-order valence-corrected chi connectivity index (χ4v) is 4.08. The Morgan fingerprint density at radius 2 is 1.50 bits per heavy atom. The van der Waals surface area contributed by atoms with Gasteiger partial charge in [-0.3, -0.25) is 4.79 Å². The van der Waals surface area contributed by atoms with Crippen LogP contribution >= 0.6 is 11.8 Å². The summed E-state index contributed by atoms with van der Waals surface area (Å²) in [6.45, 7) is 3.97. The zero-order chi connectivity index (χ0) is 21.5. The van der Waals surface area contributed by atoms with Crippen LogP contribution in [0, 0.1) is 6.92 Å². The third kappa shape index (κ3) is 5.36. The summed E-state index contributed by atoms with van der Waals surface area (Å²) < 4.78 is 10.7. The summed E-state index contributed by atoms with van der Waals surface area (Å²) in [6.07, 6.45) is 0. The minimum atomic E-state index is -0.278. The molecule has 30 heavy (non-hydrogen) atoms. The van der Waals surface area contributed by atoms with Gasteiger partial charge in [0.2, 0.25) is 5.91 Å². The molecule has 0 aliphatic carbocycles. The van der Waals surface area contributed by atoms with E-state index < -0.39 is 0 Å². The van der Waals surface area contributed by atoms with E-state index in [1.807, 2.05) is 55.5 Å². The zero-order valence-electron chi connectivity index (χ0n) is 17.7. The number of carbonyl (C=O) groups excluding carboxylic acids is 1. The van der Waals surface area contributed by atoms with Crippen molar-refractivity contribution < 1.29 is 14.3 Å². The van der Waals surface area contributed by atoms with E-state index in [4.69, 9.17) is 9.47 Å². The SMILES string of the molecule is COc1ccc(S[C@@H](C)C(=O)N[C@H](c2ccccc2)c2ccc(C)cc2)cc1OC. The van der Waals surface area contributed by atoms with Crippen LogP contribution in [0.25, 0.3) is 0 Å². The van der Waals surface area contributed by atoms with E-state index in [0.717, 1.165) is 16.0 Å². The number of aryl methyl sites for hydroxylation is 1. The van der Waals surface area contributed by atoms with Gasteiger partial charge in [-0.15, -0.1) is 11.8 Å². The van der Waals surface area contributed by atoms with Gasteiger partial charge in [0.1, 0.15) is 0 Å². The molecule has 0 radical (unpaired) electrons. The molecule has 0 heterocycles. The minimum absolute atomic E-state index is 0.0239. The van der Waals surface area contributed by atoms with Crippen LogP contribution in [-0.4, -0.2) is 25.4 Å². The average Bonchev–Trinajstić information content (AvgIpc) is 2.78. The van der Waals surface area contributed by atoms with Crippen molar-refractivity contribution in [3.63, 3.8) is 0 Å². The summed E-state index contributed by atoms with van der Waals surface area (Å²) in [6, 6.07) is 23.8. The fraction of sp³-hybridized carbons (Fsp3) is 0.240. The summed E-state index contributed by atoms with van der Waals surface area (Å²) in [4.78, 5) is 14.0. The molecule has 0 fully saturated rings. The molecule has 3 aromatic rings. The van der Waals surface area contributed by atoms with Crippen LogP contribution in [0.2, 0.25) is 0 Å². The monoisotopic (exact) mass is 421 g/mol. The molecule has 3 aromatic carbocycles. The summed E-state index contributed by atoms with van der Waals surface area (Å²) >= 11 is 1.49. The highest BCUT2D eigenvalue weighted by Crippen LogP contribution is 2.34. The predicted molar refractivity (Wildman–Crippen MR) is 122 cm³/mol. The maximum absolute atomic E-state index is 13.1. The van der Waals surface area contributed by atoms with Crippen LogP contribution in [0.3, 0.4) is 0 Å².